The number of rotatable bonds is 5. The highest BCUT2D eigenvalue weighted by atomic mass is 19.1. The van der Waals surface area contributed by atoms with Gasteiger partial charge in [0.25, 0.3) is 0 Å². The molecule has 4 heteroatoms. The van der Waals surface area contributed by atoms with E-state index in [1.165, 1.54) is 18.6 Å². The summed E-state index contributed by atoms with van der Waals surface area (Å²) in [5, 5.41) is 3.26. The molecule has 1 saturated carbocycles. The lowest BCUT2D eigenvalue weighted by Gasteiger charge is -2.36. The molecule has 2 rings (SSSR count). The molecule has 0 unspecified atom stereocenters. The van der Waals surface area contributed by atoms with Crippen LogP contribution in [0.4, 0.5) is 4.39 Å². The SMILES string of the molecule is C[C@H](N[C@H](c1ccc(F)cc1)C1CCC1)C(N)=O. The van der Waals surface area contributed by atoms with Crippen molar-refractivity contribution in [3.8, 4) is 0 Å². The highest BCUT2D eigenvalue weighted by molar-refractivity contribution is 5.79. The van der Waals surface area contributed by atoms with Gasteiger partial charge in [-0.25, -0.2) is 4.39 Å². The van der Waals surface area contributed by atoms with Crippen LogP contribution in [0.5, 0.6) is 0 Å². The molecule has 0 aromatic heterocycles. The van der Waals surface area contributed by atoms with Gasteiger partial charge in [0.15, 0.2) is 0 Å². The minimum atomic E-state index is -0.374. The molecular formula is C14H19FN2O. The summed E-state index contributed by atoms with van der Waals surface area (Å²) >= 11 is 0. The van der Waals surface area contributed by atoms with Crippen LogP contribution in [0.2, 0.25) is 0 Å². The number of carbonyl (C=O) groups excluding carboxylic acids is 1. The fourth-order valence-electron chi connectivity index (χ4n) is 2.30. The molecular weight excluding hydrogens is 231 g/mol. The summed E-state index contributed by atoms with van der Waals surface area (Å²) in [4.78, 5) is 11.1. The van der Waals surface area contributed by atoms with Crippen molar-refractivity contribution in [2.45, 2.75) is 38.3 Å². The second-order valence-corrected chi connectivity index (χ2v) is 5.01. The zero-order chi connectivity index (χ0) is 13.1. The molecule has 3 N–H and O–H groups in total. The number of amides is 1. The van der Waals surface area contributed by atoms with Crippen molar-refractivity contribution >= 4 is 5.91 Å². The maximum Gasteiger partial charge on any atom is 0.234 e. The Morgan fingerprint density at radius 1 is 1.39 bits per heavy atom. The fourth-order valence-corrected chi connectivity index (χ4v) is 2.30. The predicted molar refractivity (Wildman–Crippen MR) is 68.3 cm³/mol. The van der Waals surface area contributed by atoms with Gasteiger partial charge in [0.05, 0.1) is 6.04 Å². The van der Waals surface area contributed by atoms with Crippen LogP contribution < -0.4 is 11.1 Å². The second-order valence-electron chi connectivity index (χ2n) is 5.01. The van der Waals surface area contributed by atoms with Gasteiger partial charge in [0.2, 0.25) is 5.91 Å². The quantitative estimate of drug-likeness (QED) is 0.841. The average molecular weight is 250 g/mol. The first kappa shape index (κ1) is 13.0. The standard InChI is InChI=1S/C14H19FN2O/c1-9(14(16)18)17-13(10-3-2-4-10)11-5-7-12(15)8-6-11/h5-10,13,17H,2-4H2,1H3,(H2,16,18)/t9-,13-/m0/s1. The van der Waals surface area contributed by atoms with E-state index in [9.17, 15) is 9.18 Å². The lowest BCUT2D eigenvalue weighted by atomic mass is 9.77. The minimum absolute atomic E-state index is 0.0850. The van der Waals surface area contributed by atoms with Crippen molar-refractivity contribution in [3.63, 3.8) is 0 Å². The molecule has 2 atom stereocenters. The Balaban J connectivity index is 2.14. The fraction of sp³-hybridized carbons (Fsp3) is 0.500. The van der Waals surface area contributed by atoms with Gasteiger partial charge in [-0.2, -0.15) is 0 Å². The first-order chi connectivity index (χ1) is 8.58. The molecule has 0 radical (unpaired) electrons. The first-order valence-corrected chi connectivity index (χ1v) is 6.39. The number of hydrogen-bond acceptors (Lipinski definition) is 2. The number of benzene rings is 1. The van der Waals surface area contributed by atoms with Gasteiger partial charge in [-0.15, -0.1) is 0 Å². The largest absolute Gasteiger partial charge is 0.368 e. The molecule has 0 bridgehead atoms. The van der Waals surface area contributed by atoms with Crippen molar-refractivity contribution in [1.82, 2.24) is 5.32 Å². The average Bonchev–Trinajstić information content (AvgIpc) is 2.26. The molecule has 1 aromatic rings. The second kappa shape index (κ2) is 5.48. The smallest absolute Gasteiger partial charge is 0.234 e. The van der Waals surface area contributed by atoms with E-state index < -0.39 is 0 Å². The highest BCUT2D eigenvalue weighted by Crippen LogP contribution is 2.37. The molecule has 3 nitrogen and oxygen atoms in total. The van der Waals surface area contributed by atoms with E-state index >= 15 is 0 Å². The number of nitrogens with two attached hydrogens (primary N) is 1. The Morgan fingerprint density at radius 2 is 2.00 bits per heavy atom. The minimum Gasteiger partial charge on any atom is -0.368 e. The van der Waals surface area contributed by atoms with Crippen LogP contribution in [0.1, 0.15) is 37.8 Å². The summed E-state index contributed by atoms with van der Waals surface area (Å²) in [6, 6.07) is 6.18. The van der Waals surface area contributed by atoms with Crippen LogP contribution in [0.15, 0.2) is 24.3 Å². The van der Waals surface area contributed by atoms with Crippen molar-refractivity contribution in [2.24, 2.45) is 11.7 Å². The molecule has 1 fully saturated rings. The van der Waals surface area contributed by atoms with E-state index in [1.807, 2.05) is 0 Å². The number of halogens is 1. The van der Waals surface area contributed by atoms with Crippen LogP contribution >= 0.6 is 0 Å². The van der Waals surface area contributed by atoms with E-state index in [0.29, 0.717) is 5.92 Å². The molecule has 1 aromatic carbocycles. The maximum absolute atomic E-state index is 12.9. The summed E-state index contributed by atoms with van der Waals surface area (Å²) in [7, 11) is 0. The van der Waals surface area contributed by atoms with E-state index in [0.717, 1.165) is 18.4 Å². The lowest BCUT2D eigenvalue weighted by molar-refractivity contribution is -0.120. The summed E-state index contributed by atoms with van der Waals surface area (Å²) in [6.07, 6.45) is 3.50. The zero-order valence-electron chi connectivity index (χ0n) is 10.5. The van der Waals surface area contributed by atoms with Crippen molar-refractivity contribution < 1.29 is 9.18 Å². The van der Waals surface area contributed by atoms with Gasteiger partial charge in [-0.3, -0.25) is 10.1 Å². The molecule has 0 spiro atoms. The van der Waals surface area contributed by atoms with Crippen LogP contribution in [-0.4, -0.2) is 11.9 Å². The van der Waals surface area contributed by atoms with E-state index in [-0.39, 0.29) is 23.8 Å². The predicted octanol–water partition coefficient (Wildman–Crippen LogP) is 2.13. The van der Waals surface area contributed by atoms with Gasteiger partial charge < -0.3 is 5.73 Å². The number of hydrogen-bond donors (Lipinski definition) is 2. The third-order valence-electron chi connectivity index (χ3n) is 3.71. The normalized spacial score (nSPS) is 19.0. The Morgan fingerprint density at radius 3 is 2.44 bits per heavy atom. The van der Waals surface area contributed by atoms with Crippen LogP contribution in [0.25, 0.3) is 0 Å². The van der Waals surface area contributed by atoms with Crippen LogP contribution in [-0.2, 0) is 4.79 Å². The maximum atomic E-state index is 12.9. The van der Waals surface area contributed by atoms with Crippen molar-refractivity contribution in [3.05, 3.63) is 35.6 Å². The Hall–Kier alpha value is -1.42. The molecule has 1 amide bonds. The summed E-state index contributed by atoms with van der Waals surface area (Å²) in [5.41, 5.74) is 6.31. The van der Waals surface area contributed by atoms with Gasteiger partial charge in [0, 0.05) is 6.04 Å². The van der Waals surface area contributed by atoms with Gasteiger partial charge in [-0.05, 0) is 43.4 Å². The van der Waals surface area contributed by atoms with Crippen LogP contribution in [0.3, 0.4) is 0 Å². The Bertz CT molecular complexity index is 414. The molecule has 1 aliphatic rings. The summed E-state index contributed by atoms with van der Waals surface area (Å²) < 4.78 is 12.9. The Kier molecular flexibility index (Phi) is 3.97. The molecule has 1 aliphatic carbocycles. The Labute approximate surface area is 107 Å². The molecule has 18 heavy (non-hydrogen) atoms. The summed E-state index contributed by atoms with van der Waals surface area (Å²) in [5.74, 6) is -0.0900. The number of carbonyl (C=O) groups is 1. The van der Waals surface area contributed by atoms with E-state index in [2.05, 4.69) is 5.32 Å². The number of primary amides is 1. The van der Waals surface area contributed by atoms with Crippen molar-refractivity contribution in [2.75, 3.05) is 0 Å². The summed E-state index contributed by atoms with van der Waals surface area (Å²) in [6.45, 7) is 1.76. The third kappa shape index (κ3) is 2.88. The molecule has 0 heterocycles. The van der Waals surface area contributed by atoms with Gasteiger partial charge in [-0.1, -0.05) is 18.6 Å². The van der Waals surface area contributed by atoms with E-state index in [1.54, 1.807) is 19.1 Å². The monoisotopic (exact) mass is 250 g/mol. The zero-order valence-corrected chi connectivity index (χ0v) is 10.5. The van der Waals surface area contributed by atoms with Crippen LogP contribution in [0, 0.1) is 11.7 Å². The van der Waals surface area contributed by atoms with Gasteiger partial charge >= 0.3 is 0 Å². The molecule has 0 saturated heterocycles. The number of nitrogens with one attached hydrogen (secondary N) is 1. The van der Waals surface area contributed by atoms with Crippen molar-refractivity contribution in [1.29, 1.82) is 0 Å². The lowest BCUT2D eigenvalue weighted by Crippen LogP contribution is -2.44. The van der Waals surface area contributed by atoms with E-state index in [4.69, 9.17) is 5.73 Å². The topological polar surface area (TPSA) is 55.1 Å². The molecule has 98 valence electrons. The third-order valence-corrected chi connectivity index (χ3v) is 3.71. The highest BCUT2D eigenvalue weighted by Gasteiger charge is 2.30. The molecule has 0 aliphatic heterocycles. The van der Waals surface area contributed by atoms with Gasteiger partial charge in [0.1, 0.15) is 5.82 Å². The first-order valence-electron chi connectivity index (χ1n) is 6.39.